The van der Waals surface area contributed by atoms with Gasteiger partial charge in [-0.1, -0.05) is 28.8 Å². The Morgan fingerprint density at radius 1 is 1.41 bits per heavy atom. The lowest BCUT2D eigenvalue weighted by atomic mass is 10.1. The zero-order valence-electron chi connectivity index (χ0n) is 9.58. The molecule has 0 aromatic heterocycles. The largest absolute Gasteiger partial charge is 0.507 e. The molecule has 1 amide bonds. The van der Waals surface area contributed by atoms with Crippen LogP contribution < -0.4 is 5.32 Å². The number of amides is 1. The summed E-state index contributed by atoms with van der Waals surface area (Å²) in [5, 5.41) is 12.5. The molecular weight excluding hydrogens is 282 g/mol. The molecule has 0 saturated heterocycles. The van der Waals surface area contributed by atoms with Crippen LogP contribution in [0.3, 0.4) is 0 Å². The third kappa shape index (κ3) is 3.22. The molecule has 0 atom stereocenters. The summed E-state index contributed by atoms with van der Waals surface area (Å²) in [4.78, 5) is 11.8. The summed E-state index contributed by atoms with van der Waals surface area (Å²) in [6.07, 6.45) is 4.94. The van der Waals surface area contributed by atoms with E-state index in [0.29, 0.717) is 18.0 Å². The highest BCUT2D eigenvalue weighted by Crippen LogP contribution is 2.25. The van der Waals surface area contributed by atoms with Crippen molar-refractivity contribution in [2.24, 2.45) is 5.92 Å². The van der Waals surface area contributed by atoms with Crippen molar-refractivity contribution in [3.05, 3.63) is 28.2 Å². The van der Waals surface area contributed by atoms with E-state index in [1.807, 2.05) is 0 Å². The predicted molar refractivity (Wildman–Crippen MR) is 70.1 cm³/mol. The topological polar surface area (TPSA) is 49.3 Å². The molecule has 0 unspecified atom stereocenters. The van der Waals surface area contributed by atoms with E-state index in [-0.39, 0.29) is 11.7 Å². The van der Waals surface area contributed by atoms with E-state index in [1.54, 1.807) is 12.1 Å². The Morgan fingerprint density at radius 2 is 2.12 bits per heavy atom. The lowest BCUT2D eigenvalue weighted by Gasteiger charge is -2.11. The average molecular weight is 298 g/mol. The number of carbonyl (C=O) groups excluding carboxylic acids is 1. The Kier molecular flexibility index (Phi) is 4.05. The molecule has 0 spiro atoms. The number of aromatic hydroxyl groups is 1. The van der Waals surface area contributed by atoms with Crippen LogP contribution in [0.5, 0.6) is 5.75 Å². The van der Waals surface area contributed by atoms with Gasteiger partial charge in [0.05, 0.1) is 5.56 Å². The number of rotatable bonds is 3. The third-order valence-electron chi connectivity index (χ3n) is 3.23. The minimum absolute atomic E-state index is 0.0169. The van der Waals surface area contributed by atoms with Gasteiger partial charge in [-0.25, -0.2) is 0 Å². The first-order chi connectivity index (χ1) is 8.16. The first-order valence-corrected chi connectivity index (χ1v) is 6.73. The summed E-state index contributed by atoms with van der Waals surface area (Å²) in [6, 6.07) is 4.91. The number of benzene rings is 1. The molecule has 1 saturated carbocycles. The van der Waals surface area contributed by atoms with Crippen LogP contribution in [-0.4, -0.2) is 17.6 Å². The molecule has 2 rings (SSSR count). The van der Waals surface area contributed by atoms with Crippen LogP contribution in [0.4, 0.5) is 0 Å². The van der Waals surface area contributed by atoms with Gasteiger partial charge in [0, 0.05) is 11.0 Å². The zero-order chi connectivity index (χ0) is 12.3. The number of carbonyl (C=O) groups is 1. The second-order valence-electron chi connectivity index (χ2n) is 4.52. The highest BCUT2D eigenvalue weighted by molar-refractivity contribution is 9.10. The zero-order valence-corrected chi connectivity index (χ0v) is 11.2. The lowest BCUT2D eigenvalue weighted by Crippen LogP contribution is -2.28. The normalized spacial score (nSPS) is 16.1. The molecule has 0 aliphatic heterocycles. The number of nitrogens with one attached hydrogen (secondary N) is 1. The summed E-state index contributed by atoms with van der Waals surface area (Å²) < 4.78 is 0.766. The minimum atomic E-state index is -0.193. The maximum Gasteiger partial charge on any atom is 0.255 e. The fraction of sp³-hybridized carbons (Fsp3) is 0.462. The van der Waals surface area contributed by atoms with Crippen LogP contribution in [0.2, 0.25) is 0 Å². The molecule has 0 heterocycles. The molecule has 1 aliphatic carbocycles. The highest BCUT2D eigenvalue weighted by Gasteiger charge is 2.17. The minimum Gasteiger partial charge on any atom is -0.507 e. The van der Waals surface area contributed by atoms with Gasteiger partial charge in [-0.15, -0.1) is 0 Å². The summed E-state index contributed by atoms with van der Waals surface area (Å²) >= 11 is 3.25. The van der Waals surface area contributed by atoms with E-state index in [2.05, 4.69) is 21.2 Å². The van der Waals surface area contributed by atoms with Gasteiger partial charge >= 0.3 is 0 Å². The summed E-state index contributed by atoms with van der Waals surface area (Å²) in [7, 11) is 0. The van der Waals surface area contributed by atoms with E-state index < -0.39 is 0 Å². The predicted octanol–water partition coefficient (Wildman–Crippen LogP) is 3.07. The van der Waals surface area contributed by atoms with Crippen LogP contribution in [0, 0.1) is 5.92 Å². The molecule has 0 radical (unpaired) electrons. The van der Waals surface area contributed by atoms with E-state index in [0.717, 1.165) is 4.47 Å². The van der Waals surface area contributed by atoms with Crippen molar-refractivity contribution in [3.8, 4) is 5.75 Å². The number of hydrogen-bond donors (Lipinski definition) is 2. The molecule has 2 N–H and O–H groups in total. The van der Waals surface area contributed by atoms with E-state index in [1.165, 1.54) is 31.7 Å². The van der Waals surface area contributed by atoms with Crippen molar-refractivity contribution in [1.29, 1.82) is 0 Å². The molecule has 4 heteroatoms. The van der Waals surface area contributed by atoms with Crippen molar-refractivity contribution in [2.75, 3.05) is 6.54 Å². The summed E-state index contributed by atoms with van der Waals surface area (Å²) in [6.45, 7) is 0.717. The first-order valence-electron chi connectivity index (χ1n) is 5.93. The first kappa shape index (κ1) is 12.4. The molecule has 1 fully saturated rings. The molecular formula is C13H16BrNO2. The fourth-order valence-corrected chi connectivity index (χ4v) is 2.59. The third-order valence-corrected chi connectivity index (χ3v) is 3.72. The molecule has 92 valence electrons. The van der Waals surface area contributed by atoms with Gasteiger partial charge in [-0.05, 0) is 37.0 Å². The highest BCUT2D eigenvalue weighted by atomic mass is 79.9. The van der Waals surface area contributed by atoms with Gasteiger partial charge in [0.25, 0.3) is 5.91 Å². The van der Waals surface area contributed by atoms with Crippen LogP contribution in [0.15, 0.2) is 22.7 Å². The van der Waals surface area contributed by atoms with Gasteiger partial charge in [-0.3, -0.25) is 4.79 Å². The van der Waals surface area contributed by atoms with Crippen LogP contribution in [0.1, 0.15) is 36.0 Å². The van der Waals surface area contributed by atoms with Gasteiger partial charge < -0.3 is 10.4 Å². The number of halogens is 1. The molecule has 1 aromatic carbocycles. The van der Waals surface area contributed by atoms with Crippen LogP contribution in [0.25, 0.3) is 0 Å². The smallest absolute Gasteiger partial charge is 0.255 e. The number of hydrogen-bond acceptors (Lipinski definition) is 2. The van der Waals surface area contributed by atoms with Crippen molar-refractivity contribution in [3.63, 3.8) is 0 Å². The van der Waals surface area contributed by atoms with Crippen molar-refractivity contribution >= 4 is 21.8 Å². The van der Waals surface area contributed by atoms with Crippen LogP contribution in [-0.2, 0) is 0 Å². The molecule has 0 bridgehead atoms. The second kappa shape index (κ2) is 5.54. The van der Waals surface area contributed by atoms with Crippen molar-refractivity contribution in [1.82, 2.24) is 5.32 Å². The average Bonchev–Trinajstić information content (AvgIpc) is 2.78. The molecule has 1 aliphatic rings. The maximum absolute atomic E-state index is 11.8. The monoisotopic (exact) mass is 297 g/mol. The van der Waals surface area contributed by atoms with Crippen LogP contribution >= 0.6 is 15.9 Å². The molecule has 1 aromatic rings. The Bertz CT molecular complexity index is 414. The van der Waals surface area contributed by atoms with Crippen molar-refractivity contribution < 1.29 is 9.90 Å². The Morgan fingerprint density at radius 3 is 2.76 bits per heavy atom. The maximum atomic E-state index is 11.8. The summed E-state index contributed by atoms with van der Waals surface area (Å²) in [5.41, 5.74) is 0.339. The molecule has 17 heavy (non-hydrogen) atoms. The quantitative estimate of drug-likeness (QED) is 0.901. The van der Waals surface area contributed by atoms with E-state index in [9.17, 15) is 9.90 Å². The fourth-order valence-electron chi connectivity index (χ4n) is 2.24. The number of phenolic OH excluding ortho intramolecular Hbond substituents is 1. The van der Waals surface area contributed by atoms with Crippen molar-refractivity contribution in [2.45, 2.75) is 25.7 Å². The Hall–Kier alpha value is -1.03. The lowest BCUT2D eigenvalue weighted by molar-refractivity contribution is 0.0944. The van der Waals surface area contributed by atoms with Gasteiger partial charge in [0.1, 0.15) is 5.75 Å². The second-order valence-corrected chi connectivity index (χ2v) is 5.44. The van der Waals surface area contributed by atoms with Gasteiger partial charge in [0.15, 0.2) is 0 Å². The Labute approximate surface area is 109 Å². The Balaban J connectivity index is 1.94. The van der Waals surface area contributed by atoms with Gasteiger partial charge in [-0.2, -0.15) is 0 Å². The van der Waals surface area contributed by atoms with Gasteiger partial charge in [0.2, 0.25) is 0 Å². The van der Waals surface area contributed by atoms with E-state index >= 15 is 0 Å². The standard InChI is InChI=1S/C13H16BrNO2/c14-10-5-6-11(12(16)7-10)13(17)15-8-9-3-1-2-4-9/h5-7,9,16H,1-4,8H2,(H,15,17). The van der Waals surface area contributed by atoms with E-state index in [4.69, 9.17) is 0 Å². The SMILES string of the molecule is O=C(NCC1CCCC1)c1ccc(Br)cc1O. The summed E-state index contributed by atoms with van der Waals surface area (Å²) in [5.74, 6) is 0.432. The molecule has 3 nitrogen and oxygen atoms in total. The number of phenols is 1.